The summed E-state index contributed by atoms with van der Waals surface area (Å²) in [4.78, 5) is 21.6. The van der Waals surface area contributed by atoms with Crippen LogP contribution in [0.25, 0.3) is 0 Å². The predicted octanol–water partition coefficient (Wildman–Crippen LogP) is 5.13. The zero-order valence-corrected chi connectivity index (χ0v) is 28.9. The predicted molar refractivity (Wildman–Crippen MR) is 182 cm³/mol. The first-order valence-electron chi connectivity index (χ1n) is 16.7. The summed E-state index contributed by atoms with van der Waals surface area (Å²) in [5.74, 6) is 2.10. The molecule has 2 aromatic carbocycles. The highest BCUT2D eigenvalue weighted by molar-refractivity contribution is 7.86. The average molecular weight is 679 g/mol. The Morgan fingerprint density at radius 1 is 1.15 bits per heavy atom. The number of nitrogens with two attached hydrogens (primary N) is 1. The number of hydrogen-bond donors (Lipinski definition) is 2. The molecule has 0 amide bonds. The molecule has 1 aromatic heterocycles. The van der Waals surface area contributed by atoms with Crippen LogP contribution in [0.2, 0.25) is 0 Å². The van der Waals surface area contributed by atoms with Crippen LogP contribution < -0.4 is 20.3 Å². The molecule has 0 saturated carbocycles. The van der Waals surface area contributed by atoms with E-state index in [0.717, 1.165) is 67.0 Å². The van der Waals surface area contributed by atoms with Crippen LogP contribution in [-0.2, 0) is 21.3 Å². The van der Waals surface area contributed by atoms with E-state index in [4.69, 9.17) is 15.0 Å². The number of carbonyl (C=O) groups excluding carboxylic acids is 1. The van der Waals surface area contributed by atoms with Crippen LogP contribution in [-0.4, -0.2) is 66.7 Å². The van der Waals surface area contributed by atoms with Gasteiger partial charge in [0.05, 0.1) is 30.4 Å². The molecule has 12 nitrogen and oxygen atoms in total. The van der Waals surface area contributed by atoms with Crippen LogP contribution in [0.4, 0.5) is 11.7 Å². The number of piperidine rings is 1. The quantitative estimate of drug-likeness (QED) is 0.180. The van der Waals surface area contributed by atoms with Crippen molar-refractivity contribution < 1.29 is 27.0 Å². The topological polar surface area (TPSA) is 176 Å². The number of carbonyl (C=O) groups is 1. The molecule has 2 fully saturated rings. The van der Waals surface area contributed by atoms with E-state index < -0.39 is 28.2 Å². The lowest BCUT2D eigenvalue weighted by Crippen LogP contribution is -2.48. The summed E-state index contributed by atoms with van der Waals surface area (Å²) in [5.41, 5.74) is 9.20. The summed E-state index contributed by atoms with van der Waals surface area (Å²) >= 11 is 0. The summed E-state index contributed by atoms with van der Waals surface area (Å²) in [5, 5.41) is 13.9. The minimum atomic E-state index is -4.59. The maximum Gasteiger partial charge on any atom is 0.324 e. The second-order valence-corrected chi connectivity index (χ2v) is 14.8. The number of ketones is 1. The molecule has 5 rings (SSSR count). The van der Waals surface area contributed by atoms with Crippen LogP contribution in [0.15, 0.2) is 45.8 Å². The van der Waals surface area contributed by atoms with E-state index in [0.29, 0.717) is 31.4 Å². The number of benzene rings is 2. The number of hydrogen-bond acceptors (Lipinski definition) is 11. The van der Waals surface area contributed by atoms with Gasteiger partial charge in [-0.15, -0.1) is 0 Å². The molecule has 0 bridgehead atoms. The number of aryl methyl sites for hydroxylation is 2. The van der Waals surface area contributed by atoms with Crippen molar-refractivity contribution in [1.82, 2.24) is 10.1 Å². The van der Waals surface area contributed by atoms with E-state index in [2.05, 4.69) is 35.0 Å². The summed E-state index contributed by atoms with van der Waals surface area (Å²) in [6.45, 7) is 10.3. The monoisotopic (exact) mass is 678 g/mol. The molecule has 3 atom stereocenters. The molecule has 3 unspecified atom stereocenters. The Morgan fingerprint density at radius 2 is 1.90 bits per heavy atom. The smallest absolute Gasteiger partial charge is 0.324 e. The van der Waals surface area contributed by atoms with E-state index in [9.17, 15) is 23.0 Å². The molecule has 0 radical (unpaired) electrons. The van der Waals surface area contributed by atoms with Crippen LogP contribution in [0.5, 0.6) is 5.75 Å². The fourth-order valence-corrected chi connectivity index (χ4v) is 7.41. The lowest BCUT2D eigenvalue weighted by atomic mass is 9.92. The van der Waals surface area contributed by atoms with Gasteiger partial charge in [-0.25, -0.2) is 0 Å². The highest BCUT2D eigenvalue weighted by atomic mass is 32.2. The third-order valence-corrected chi connectivity index (χ3v) is 10.4. The first kappa shape index (κ1) is 35.3. The molecule has 0 aliphatic carbocycles. The normalized spacial score (nSPS) is 19.5. The second kappa shape index (κ2) is 15.1. The maximum atomic E-state index is 13.7. The van der Waals surface area contributed by atoms with Crippen molar-refractivity contribution >= 4 is 27.6 Å². The van der Waals surface area contributed by atoms with Gasteiger partial charge < -0.3 is 24.8 Å². The molecule has 2 aliphatic heterocycles. The van der Waals surface area contributed by atoms with Gasteiger partial charge in [-0.05, 0) is 106 Å². The minimum absolute atomic E-state index is 0.138. The Bertz CT molecular complexity index is 1740. The van der Waals surface area contributed by atoms with Crippen molar-refractivity contribution in [2.45, 2.75) is 102 Å². The standard InChI is InChI=1S/C35H46N6O6S/c1-22(2)34-38-35(47-39-34)40-15-13-25(14-16-40)6-5-17-46-28-10-8-26(24(4)19-28)20-29(37)33(42)30-11-9-27(21-36)41(30)31-18-23(3)7-12-32(31)48(43,44)45/h7-8,10,12,18-19,22,25,27,29-30H,5-6,9,11,13-17,20,37H2,1-4H3,(H,43,44,45). The number of rotatable bonds is 13. The molecule has 3 N–H and O–H groups in total. The van der Waals surface area contributed by atoms with Crippen LogP contribution in [0, 0.1) is 31.1 Å². The first-order chi connectivity index (χ1) is 22.8. The van der Waals surface area contributed by atoms with Crippen molar-refractivity contribution in [2.24, 2.45) is 11.7 Å². The highest BCUT2D eigenvalue weighted by Crippen LogP contribution is 2.36. The average Bonchev–Trinajstić information content (AvgIpc) is 3.72. The fourth-order valence-electron chi connectivity index (χ4n) is 6.74. The van der Waals surface area contributed by atoms with E-state index in [1.54, 1.807) is 19.1 Å². The molecule has 3 heterocycles. The molecule has 2 saturated heterocycles. The second-order valence-electron chi connectivity index (χ2n) is 13.4. The third kappa shape index (κ3) is 8.17. The van der Waals surface area contributed by atoms with Gasteiger partial charge in [-0.3, -0.25) is 9.35 Å². The van der Waals surface area contributed by atoms with E-state index in [-0.39, 0.29) is 28.7 Å². The lowest BCUT2D eigenvalue weighted by molar-refractivity contribution is -0.121. The van der Waals surface area contributed by atoms with Crippen molar-refractivity contribution in [3.8, 4) is 11.8 Å². The van der Waals surface area contributed by atoms with Crippen LogP contribution in [0.1, 0.15) is 80.8 Å². The Morgan fingerprint density at radius 3 is 2.54 bits per heavy atom. The van der Waals surface area contributed by atoms with Gasteiger partial charge in [0.25, 0.3) is 10.1 Å². The van der Waals surface area contributed by atoms with Gasteiger partial charge >= 0.3 is 6.01 Å². The minimum Gasteiger partial charge on any atom is -0.494 e. The SMILES string of the molecule is Cc1ccc(S(=O)(=O)O)c(N2C(C#N)CCC2C(=O)C(N)Cc2ccc(OCCCC3CCN(c4nc(C(C)C)no4)CC3)cc2C)c1. The summed E-state index contributed by atoms with van der Waals surface area (Å²) < 4.78 is 45.8. The molecular weight excluding hydrogens is 632 g/mol. The molecule has 0 spiro atoms. The van der Waals surface area contributed by atoms with E-state index in [1.165, 1.54) is 11.0 Å². The molecule has 2 aliphatic rings. The van der Waals surface area contributed by atoms with Gasteiger partial charge in [-0.2, -0.15) is 18.7 Å². The Hall–Kier alpha value is -3.99. The molecular formula is C35H46N6O6S. The number of ether oxygens (including phenoxy) is 1. The summed E-state index contributed by atoms with van der Waals surface area (Å²) in [6, 6.07) is 10.6. The van der Waals surface area contributed by atoms with Crippen LogP contribution in [0.3, 0.4) is 0 Å². The number of anilines is 2. The van der Waals surface area contributed by atoms with Gasteiger partial charge in [-0.1, -0.05) is 31.1 Å². The van der Waals surface area contributed by atoms with Crippen LogP contribution >= 0.6 is 0 Å². The zero-order chi connectivity index (χ0) is 34.6. The van der Waals surface area contributed by atoms with Crippen molar-refractivity contribution in [3.63, 3.8) is 0 Å². The van der Waals surface area contributed by atoms with Gasteiger partial charge in [0.15, 0.2) is 11.6 Å². The molecule has 258 valence electrons. The van der Waals surface area contributed by atoms with Crippen molar-refractivity contribution in [2.75, 3.05) is 29.5 Å². The van der Waals surface area contributed by atoms with E-state index >= 15 is 0 Å². The first-order valence-corrected chi connectivity index (χ1v) is 18.2. The van der Waals surface area contributed by atoms with Crippen molar-refractivity contribution in [3.05, 3.63) is 58.9 Å². The van der Waals surface area contributed by atoms with Gasteiger partial charge in [0.2, 0.25) is 0 Å². The molecule has 13 heteroatoms. The third-order valence-electron chi connectivity index (χ3n) is 9.51. The summed E-state index contributed by atoms with van der Waals surface area (Å²) in [6.07, 6.45) is 5.21. The summed E-state index contributed by atoms with van der Waals surface area (Å²) in [7, 11) is -4.59. The van der Waals surface area contributed by atoms with Gasteiger partial charge in [0, 0.05) is 19.0 Å². The Balaban J connectivity index is 1.12. The largest absolute Gasteiger partial charge is 0.494 e. The number of nitrogens with zero attached hydrogens (tertiary/aromatic N) is 5. The fraction of sp³-hybridized carbons (Fsp3) is 0.543. The number of Topliss-reactive ketones (excluding diaryl/α,β-unsaturated/α-hetero) is 1. The maximum absolute atomic E-state index is 13.7. The highest BCUT2D eigenvalue weighted by Gasteiger charge is 2.41. The molecule has 3 aromatic rings. The Labute approximate surface area is 283 Å². The number of aromatic nitrogens is 2. The lowest BCUT2D eigenvalue weighted by Gasteiger charge is -2.31. The van der Waals surface area contributed by atoms with E-state index in [1.807, 2.05) is 25.1 Å². The van der Waals surface area contributed by atoms with Crippen molar-refractivity contribution in [1.29, 1.82) is 5.26 Å². The molecule has 48 heavy (non-hydrogen) atoms. The zero-order valence-electron chi connectivity index (χ0n) is 28.1. The number of nitriles is 1. The van der Waals surface area contributed by atoms with Gasteiger partial charge in [0.1, 0.15) is 16.7 Å². The Kier molecular flexibility index (Phi) is 11.1.